The highest BCUT2D eigenvalue weighted by Crippen LogP contribution is 2.51. The summed E-state index contributed by atoms with van der Waals surface area (Å²) >= 11 is 0. The number of nitrogens with one attached hydrogen (secondary N) is 10. The molecule has 0 spiro atoms. The Morgan fingerprint density at radius 3 is 0.797 bits per heavy atom. The molecule has 0 bridgehead atoms. The van der Waals surface area contributed by atoms with Gasteiger partial charge in [0.15, 0.2) is 159 Å². The predicted molar refractivity (Wildman–Crippen MR) is 499 cm³/mol. The number of aliphatic hydroxyl groups excluding tert-OH is 4. The molecular weight excluding hydrogens is 1820 g/mol. The average molecular weight is 1940 g/mol. The second-order valence-corrected chi connectivity index (χ2v) is 35.9. The molecule has 1 unspecified atom stereocenters. The molecule has 5 fully saturated rings. The van der Waals surface area contributed by atoms with Gasteiger partial charge in [-0.3, -0.25) is 73.4 Å². The molecular formula is C87H125F5N30O16. The number of anilines is 10. The van der Waals surface area contributed by atoms with Gasteiger partial charge in [-0.1, -0.05) is 125 Å². The summed E-state index contributed by atoms with van der Waals surface area (Å²) in [5.74, 6) is -3.07. The number of nitrogens with zero attached hydrogens (tertiary/aromatic N) is 20. The van der Waals surface area contributed by atoms with Crippen molar-refractivity contribution in [3.63, 3.8) is 0 Å². The van der Waals surface area contributed by atoms with Gasteiger partial charge >= 0.3 is 0 Å². The number of hydrogen-bond donors (Lipinski definition) is 14. The lowest BCUT2D eigenvalue weighted by Crippen LogP contribution is -2.43. The molecule has 46 nitrogen and oxygen atoms in total. The van der Waals surface area contributed by atoms with Crippen LogP contribution in [0.3, 0.4) is 0 Å². The zero-order chi connectivity index (χ0) is 102. The first-order chi connectivity index (χ1) is 65.5. The van der Waals surface area contributed by atoms with Gasteiger partial charge in [-0.05, 0) is 19.3 Å². The molecule has 0 aromatic carbocycles. The number of imidazole rings is 5. The fourth-order valence-electron chi connectivity index (χ4n) is 16.2. The fraction of sp³-hybridized carbons (Fsp3) is 0.632. The number of aromatic nitrogens is 20. The minimum absolute atomic E-state index is 0.0302. The summed E-state index contributed by atoms with van der Waals surface area (Å²) < 4.78 is 111. The van der Waals surface area contributed by atoms with Crippen LogP contribution in [-0.4, -0.2) is 281 Å². The van der Waals surface area contributed by atoms with E-state index >= 15 is 13.2 Å². The SMILES string of the molecule is CCC1(CC)O[C@@H](n2cnc3c(NC)nc(NC(=O)C(C)C)nc32)[C@H](F)[C@@H]1C.CC[C@]1(CO)O[C@@H](n2cnc3c(NC)nc(NC(=O)C(C)C)nc32)[C@H](F)[C@@H]1C.CNc1nc(NC(=O)C(C)C)nc2c1ncn2[C@@H]1OC(C=O)(CO)[C@@H](C)[C@H]1F.CNc1nc(NC(=O)C(C)C)nc2c1ncn2[C@@H]1OC(CO)(CO)[C@@H](C)[C@H]1F.CNc1nc(NC(=O)C(C)C)nc2c1ncn2[C@@H]1O[C@H](C=O)[C@@H](C)[C@H]1F. The van der Waals surface area contributed by atoms with Crippen LogP contribution in [0.2, 0.25) is 0 Å². The van der Waals surface area contributed by atoms with Gasteiger partial charge in [-0.25, -0.2) is 46.9 Å². The largest absolute Gasteiger partial charge is 0.393 e. The maximum atomic E-state index is 15.2. The van der Waals surface area contributed by atoms with E-state index in [9.17, 15) is 62.8 Å². The van der Waals surface area contributed by atoms with E-state index in [-0.39, 0.29) is 113 Å². The molecule has 754 valence electrons. The molecule has 15 heterocycles. The van der Waals surface area contributed by atoms with Gasteiger partial charge in [0.2, 0.25) is 59.3 Å². The van der Waals surface area contributed by atoms with Gasteiger partial charge in [-0.15, -0.1) is 0 Å². The van der Waals surface area contributed by atoms with Crippen LogP contribution < -0.4 is 53.2 Å². The summed E-state index contributed by atoms with van der Waals surface area (Å²) in [7, 11) is 8.31. The van der Waals surface area contributed by atoms with E-state index in [2.05, 4.69) is 128 Å². The third-order valence-electron chi connectivity index (χ3n) is 25.9. The first-order valence-corrected chi connectivity index (χ1v) is 45.6. The molecule has 15 rings (SSSR count). The predicted octanol–water partition coefficient (Wildman–Crippen LogP) is 8.75. The van der Waals surface area contributed by atoms with Crippen molar-refractivity contribution in [2.75, 3.05) is 115 Å². The van der Waals surface area contributed by atoms with Gasteiger partial charge in [0, 0.05) is 94.4 Å². The standard InChI is InChI=1S/C19H29FN6O2.C18H27FN6O3.C17H25FN6O4.C17H23FN6O4.C16H21FN6O3/c1-7-19(8-2)11(5)12(20)17(28-19)26-9-22-13-14(21-6)23-18(24-15(13)26)25-16(27)10(3)4;1-6-18(7-26)10(4)11(19)16(28-18)25-8-21-12-13(20-5)22-17(23-14(12)25)24-15(27)9(2)3;2*1-8(2)14(27)23-16-21-12(19-4)11-13(22-16)24(7-20-11)15-10(18)9(3)17(5-25,6-26)28-15;1-7(2)14(25)22-16-20-12(18-4)11-13(21-16)23(6-19-11)15-10(17)8(3)9(5-24)26-15/h9-12,17H,7-8H2,1-6H3,(H2,21,23,24,25,27);8-11,16,26H,6-7H2,1-5H3,(H2,20,22,23,24,27);7-10,15,25-26H,5-6H2,1-4H3,(H2,19,21,22,23,27);5,7-10,15,26H,6H2,1-4H3,(H2,19,21,22,23,27);5-10,15H,1-4H3,(H2,18,20,21,22,25)/t11-,12+,17+;10-,11+,16+,18+;9-,10+,15+;9-,10+,15+,17?;8-,9-,10-,15-/m00001/s1. The fourth-order valence-corrected chi connectivity index (χ4v) is 16.2. The van der Waals surface area contributed by atoms with E-state index < -0.39 is 134 Å². The monoisotopic (exact) mass is 1940 g/mol. The third kappa shape index (κ3) is 20.6. The lowest BCUT2D eigenvalue weighted by Gasteiger charge is -2.30. The Bertz CT molecular complexity index is 5650. The summed E-state index contributed by atoms with van der Waals surface area (Å²) in [5, 5.41) is 66.4. The quantitative estimate of drug-likeness (QED) is 0.0154. The first kappa shape index (κ1) is 106. The molecule has 0 aliphatic carbocycles. The number of amides is 5. The minimum Gasteiger partial charge on any atom is -0.393 e. The van der Waals surface area contributed by atoms with Crippen LogP contribution in [0.25, 0.3) is 55.8 Å². The number of alkyl halides is 5. The molecule has 5 aliphatic rings. The Balaban J connectivity index is 0.000000165. The second-order valence-electron chi connectivity index (χ2n) is 35.9. The van der Waals surface area contributed by atoms with E-state index in [1.807, 2.05) is 27.7 Å². The van der Waals surface area contributed by atoms with Gasteiger partial charge in [-0.2, -0.15) is 49.8 Å². The van der Waals surface area contributed by atoms with Crippen molar-refractivity contribution in [1.82, 2.24) is 97.6 Å². The highest BCUT2D eigenvalue weighted by Gasteiger charge is 2.58. The minimum atomic E-state index is -1.64. The molecule has 18 atom stereocenters. The molecule has 51 heteroatoms. The molecule has 10 aromatic heterocycles. The Labute approximate surface area is 790 Å². The Kier molecular flexibility index (Phi) is 33.7. The van der Waals surface area contributed by atoms with Crippen molar-refractivity contribution in [3.8, 4) is 0 Å². The molecule has 0 saturated carbocycles. The van der Waals surface area contributed by atoms with Crippen molar-refractivity contribution in [2.45, 2.75) is 234 Å². The number of aliphatic hydroxyl groups is 4. The lowest BCUT2D eigenvalue weighted by molar-refractivity contribution is -0.145. The van der Waals surface area contributed by atoms with E-state index in [1.54, 1.807) is 130 Å². The van der Waals surface area contributed by atoms with Gasteiger partial charge in [0.25, 0.3) is 0 Å². The number of halogens is 5. The van der Waals surface area contributed by atoms with Crippen molar-refractivity contribution in [2.24, 2.45) is 59.2 Å². The average Bonchev–Trinajstić information content (AvgIpc) is 1.60. The van der Waals surface area contributed by atoms with Crippen LogP contribution in [0.15, 0.2) is 31.6 Å². The van der Waals surface area contributed by atoms with E-state index in [0.29, 0.717) is 92.6 Å². The molecule has 5 aliphatic heterocycles. The Hall–Kier alpha value is -12.3. The maximum Gasteiger partial charge on any atom is 0.233 e. The van der Waals surface area contributed by atoms with Crippen LogP contribution in [0.5, 0.6) is 0 Å². The van der Waals surface area contributed by atoms with Crippen LogP contribution in [-0.2, 0) is 57.2 Å². The van der Waals surface area contributed by atoms with Crippen LogP contribution >= 0.6 is 0 Å². The third-order valence-corrected chi connectivity index (χ3v) is 25.9. The Morgan fingerprint density at radius 1 is 0.355 bits per heavy atom. The highest BCUT2D eigenvalue weighted by molar-refractivity contribution is 5.97. The number of rotatable bonds is 29. The molecule has 5 amide bonds. The van der Waals surface area contributed by atoms with Gasteiger partial charge < -0.3 is 80.3 Å². The smallest absolute Gasteiger partial charge is 0.233 e. The van der Waals surface area contributed by atoms with Gasteiger partial charge in [0.05, 0.1) is 69.3 Å². The number of hydrogen-bond acceptors (Lipinski definition) is 36. The zero-order valence-electron chi connectivity index (χ0n) is 81.1. The second kappa shape index (κ2) is 43.8. The van der Waals surface area contributed by atoms with Crippen LogP contribution in [0.1, 0.15) is 175 Å². The molecule has 0 radical (unpaired) electrons. The van der Waals surface area contributed by atoms with E-state index in [0.717, 1.165) is 12.8 Å². The summed E-state index contributed by atoms with van der Waals surface area (Å²) in [6.45, 7) is 29.7. The van der Waals surface area contributed by atoms with Gasteiger partial charge in [0.1, 0.15) is 18.0 Å². The van der Waals surface area contributed by atoms with Crippen LogP contribution in [0.4, 0.5) is 80.8 Å². The van der Waals surface area contributed by atoms with Crippen molar-refractivity contribution >= 4 is 157 Å². The van der Waals surface area contributed by atoms with Crippen molar-refractivity contribution < 1.29 is 99.6 Å². The number of fused-ring (bicyclic) bond motifs is 5. The number of carbonyl (C=O) groups is 7. The first-order valence-electron chi connectivity index (χ1n) is 45.6. The van der Waals surface area contributed by atoms with E-state index in [1.165, 1.54) is 56.8 Å². The number of aldehydes is 2. The maximum absolute atomic E-state index is 15.2. The van der Waals surface area contributed by atoms with E-state index in [4.69, 9.17) is 23.7 Å². The normalized spacial score (nSPS) is 25.7. The Morgan fingerprint density at radius 2 is 0.594 bits per heavy atom. The van der Waals surface area contributed by atoms with Crippen molar-refractivity contribution in [1.29, 1.82) is 0 Å². The van der Waals surface area contributed by atoms with Crippen molar-refractivity contribution in [3.05, 3.63) is 31.6 Å². The molecule has 138 heavy (non-hydrogen) atoms. The number of ether oxygens (including phenoxy) is 5. The number of carbonyl (C=O) groups excluding carboxylic acids is 7. The van der Waals surface area contributed by atoms with Crippen LogP contribution in [0, 0.1) is 59.2 Å². The molecule has 5 saturated heterocycles. The summed E-state index contributed by atoms with van der Waals surface area (Å²) in [6.07, 6.45) is -3.09. The molecule has 14 N–H and O–H groups in total. The summed E-state index contributed by atoms with van der Waals surface area (Å²) in [6, 6.07) is 0. The molecule has 10 aromatic rings. The lowest BCUT2D eigenvalue weighted by atomic mass is 9.83. The topological polar surface area (TPSA) is 585 Å². The zero-order valence-corrected chi connectivity index (χ0v) is 81.1. The highest BCUT2D eigenvalue weighted by atomic mass is 19.2. The summed E-state index contributed by atoms with van der Waals surface area (Å²) in [5.41, 5.74) is -0.939. The summed E-state index contributed by atoms with van der Waals surface area (Å²) in [4.78, 5) is 147.